The number of halogens is 1. The first-order valence-electron chi connectivity index (χ1n) is 7.57. The number of ether oxygens (including phenoxy) is 1. The van der Waals surface area contributed by atoms with E-state index < -0.39 is 0 Å². The van der Waals surface area contributed by atoms with E-state index in [2.05, 4.69) is 10.6 Å². The molecule has 1 aromatic rings. The van der Waals surface area contributed by atoms with Crippen LogP contribution in [0.2, 0.25) is 5.02 Å². The van der Waals surface area contributed by atoms with Crippen LogP contribution >= 0.6 is 11.6 Å². The van der Waals surface area contributed by atoms with Crippen LogP contribution in [0.3, 0.4) is 0 Å². The maximum Gasteiger partial charge on any atom is 0.221 e. The van der Waals surface area contributed by atoms with Crippen LogP contribution in [-0.2, 0) is 16.0 Å². The Hall–Kier alpha value is -1.10. The summed E-state index contributed by atoms with van der Waals surface area (Å²) in [5, 5.41) is 6.93. The number of nitrogens with one attached hydrogen (secondary N) is 2. The molecule has 1 unspecified atom stereocenters. The van der Waals surface area contributed by atoms with Crippen molar-refractivity contribution in [1.82, 2.24) is 10.6 Å². The van der Waals surface area contributed by atoms with Gasteiger partial charge in [0.2, 0.25) is 5.91 Å². The topological polar surface area (TPSA) is 50.4 Å². The number of hydrogen-bond donors (Lipinski definition) is 2. The maximum atomic E-state index is 11.7. The van der Waals surface area contributed by atoms with Crippen LogP contribution in [0.5, 0.6) is 0 Å². The van der Waals surface area contributed by atoms with Crippen molar-refractivity contribution in [3.05, 3.63) is 34.9 Å². The fourth-order valence-corrected chi connectivity index (χ4v) is 2.61. The number of hydrogen-bond acceptors (Lipinski definition) is 3. The van der Waals surface area contributed by atoms with Crippen molar-refractivity contribution in [2.75, 3.05) is 26.2 Å². The Bertz CT molecular complexity index is 448. The molecule has 0 radical (unpaired) electrons. The normalized spacial score (nSPS) is 17.9. The second-order valence-corrected chi connectivity index (χ2v) is 5.76. The van der Waals surface area contributed by atoms with Crippen molar-refractivity contribution >= 4 is 17.5 Å². The van der Waals surface area contributed by atoms with Crippen LogP contribution < -0.4 is 10.6 Å². The van der Waals surface area contributed by atoms with Gasteiger partial charge in [-0.3, -0.25) is 4.79 Å². The number of carbonyl (C=O) groups excluding carboxylic acids is 1. The highest BCUT2D eigenvalue weighted by atomic mass is 35.5. The number of carbonyl (C=O) groups is 1. The minimum Gasteiger partial charge on any atom is -0.377 e. The lowest BCUT2D eigenvalue weighted by molar-refractivity contribution is -0.120. The van der Waals surface area contributed by atoms with Crippen molar-refractivity contribution in [1.29, 1.82) is 0 Å². The van der Waals surface area contributed by atoms with Crippen LogP contribution in [0.1, 0.15) is 24.8 Å². The summed E-state index contributed by atoms with van der Waals surface area (Å²) >= 11 is 5.92. The van der Waals surface area contributed by atoms with Crippen molar-refractivity contribution < 1.29 is 9.53 Å². The van der Waals surface area contributed by atoms with Gasteiger partial charge in [0, 0.05) is 37.7 Å². The molecule has 1 aliphatic heterocycles. The lowest BCUT2D eigenvalue weighted by Gasteiger charge is -2.10. The molecule has 2 N–H and O–H groups in total. The van der Waals surface area contributed by atoms with Gasteiger partial charge in [-0.1, -0.05) is 23.7 Å². The van der Waals surface area contributed by atoms with Gasteiger partial charge in [0.1, 0.15) is 0 Å². The molecule has 0 bridgehead atoms. The van der Waals surface area contributed by atoms with Crippen LogP contribution in [0.4, 0.5) is 0 Å². The standard InChI is InChI=1S/C16H23ClN2O2/c17-14-4-1-3-13(11-14)6-9-19-16(20)7-8-18-12-15-5-2-10-21-15/h1,3-4,11,15,18H,2,5-10,12H2,(H,19,20). The van der Waals surface area contributed by atoms with E-state index in [4.69, 9.17) is 16.3 Å². The molecule has 21 heavy (non-hydrogen) atoms. The monoisotopic (exact) mass is 310 g/mol. The van der Waals surface area contributed by atoms with Gasteiger partial charge in [-0.05, 0) is 37.0 Å². The van der Waals surface area contributed by atoms with Gasteiger partial charge in [0.25, 0.3) is 0 Å². The molecule has 0 spiro atoms. The van der Waals surface area contributed by atoms with Crippen molar-refractivity contribution in [2.45, 2.75) is 31.8 Å². The summed E-state index contributed by atoms with van der Waals surface area (Å²) in [4.78, 5) is 11.7. The molecule has 0 saturated carbocycles. The van der Waals surface area contributed by atoms with E-state index in [-0.39, 0.29) is 5.91 Å². The van der Waals surface area contributed by atoms with E-state index in [1.54, 1.807) is 0 Å². The smallest absolute Gasteiger partial charge is 0.221 e. The highest BCUT2D eigenvalue weighted by molar-refractivity contribution is 6.30. The van der Waals surface area contributed by atoms with Crippen LogP contribution in [-0.4, -0.2) is 38.3 Å². The summed E-state index contributed by atoms with van der Waals surface area (Å²) in [7, 11) is 0. The molecule has 1 fully saturated rings. The third-order valence-electron chi connectivity index (χ3n) is 3.55. The van der Waals surface area contributed by atoms with Crippen LogP contribution in [0, 0.1) is 0 Å². The minimum atomic E-state index is 0.0804. The SMILES string of the molecule is O=C(CCNCC1CCCO1)NCCc1cccc(Cl)c1. The molecule has 2 rings (SSSR count). The number of amides is 1. The number of rotatable bonds is 8. The fraction of sp³-hybridized carbons (Fsp3) is 0.562. The molecule has 4 nitrogen and oxygen atoms in total. The molecule has 5 heteroatoms. The van der Waals surface area contributed by atoms with Crippen molar-refractivity contribution in [2.24, 2.45) is 0 Å². The van der Waals surface area contributed by atoms with E-state index in [9.17, 15) is 4.79 Å². The fourth-order valence-electron chi connectivity index (χ4n) is 2.40. The Morgan fingerprint density at radius 3 is 3.05 bits per heavy atom. The lowest BCUT2D eigenvalue weighted by Crippen LogP contribution is -2.32. The third kappa shape index (κ3) is 6.46. The highest BCUT2D eigenvalue weighted by Crippen LogP contribution is 2.11. The zero-order valence-electron chi connectivity index (χ0n) is 12.2. The van der Waals surface area contributed by atoms with Gasteiger partial charge in [-0.2, -0.15) is 0 Å². The average molecular weight is 311 g/mol. The summed E-state index contributed by atoms with van der Waals surface area (Å²) in [6, 6.07) is 7.72. The second kappa shape index (κ2) is 9.03. The Labute approximate surface area is 131 Å². The first kappa shape index (κ1) is 16.3. The summed E-state index contributed by atoms with van der Waals surface area (Å²) in [6.45, 7) is 3.06. The molecular weight excluding hydrogens is 288 g/mol. The number of benzene rings is 1. The molecule has 0 aromatic heterocycles. The summed E-state index contributed by atoms with van der Waals surface area (Å²) in [5.41, 5.74) is 1.14. The van der Waals surface area contributed by atoms with Gasteiger partial charge in [0.15, 0.2) is 0 Å². The van der Waals surface area contributed by atoms with Crippen LogP contribution in [0.25, 0.3) is 0 Å². The predicted octanol–water partition coefficient (Wildman–Crippen LogP) is 2.16. The first-order chi connectivity index (χ1) is 10.2. The van der Waals surface area contributed by atoms with Gasteiger partial charge in [0.05, 0.1) is 6.10 Å². The molecular formula is C16H23ClN2O2. The van der Waals surface area contributed by atoms with E-state index in [1.165, 1.54) is 0 Å². The molecule has 1 aliphatic rings. The van der Waals surface area contributed by atoms with E-state index >= 15 is 0 Å². The summed E-state index contributed by atoms with van der Waals surface area (Å²) in [6.07, 6.45) is 3.91. The Balaban J connectivity index is 1.51. The largest absolute Gasteiger partial charge is 0.377 e. The molecule has 0 aliphatic carbocycles. The average Bonchev–Trinajstić information content (AvgIpc) is 2.97. The molecule has 1 aromatic carbocycles. The second-order valence-electron chi connectivity index (χ2n) is 5.32. The van der Waals surface area contributed by atoms with Crippen molar-refractivity contribution in [3.63, 3.8) is 0 Å². The van der Waals surface area contributed by atoms with Gasteiger partial charge < -0.3 is 15.4 Å². The zero-order chi connectivity index (χ0) is 14.9. The maximum absolute atomic E-state index is 11.7. The van der Waals surface area contributed by atoms with Gasteiger partial charge >= 0.3 is 0 Å². The Kier molecular flexibility index (Phi) is 7.00. The Morgan fingerprint density at radius 2 is 2.29 bits per heavy atom. The van der Waals surface area contributed by atoms with Crippen LogP contribution in [0.15, 0.2) is 24.3 Å². The molecule has 116 valence electrons. The molecule has 1 amide bonds. The highest BCUT2D eigenvalue weighted by Gasteiger charge is 2.14. The molecule has 1 atom stereocenters. The summed E-state index contributed by atoms with van der Waals surface area (Å²) < 4.78 is 5.51. The Morgan fingerprint density at radius 1 is 1.38 bits per heavy atom. The van der Waals surface area contributed by atoms with Gasteiger partial charge in [-0.15, -0.1) is 0 Å². The molecule has 1 saturated heterocycles. The summed E-state index contributed by atoms with van der Waals surface area (Å²) in [5.74, 6) is 0.0804. The van der Waals surface area contributed by atoms with E-state index in [0.717, 1.165) is 43.0 Å². The lowest BCUT2D eigenvalue weighted by atomic mass is 10.1. The third-order valence-corrected chi connectivity index (χ3v) is 3.78. The van der Waals surface area contributed by atoms with E-state index in [0.29, 0.717) is 25.6 Å². The minimum absolute atomic E-state index is 0.0804. The van der Waals surface area contributed by atoms with E-state index in [1.807, 2.05) is 24.3 Å². The first-order valence-corrected chi connectivity index (χ1v) is 7.95. The molecule has 1 heterocycles. The quantitative estimate of drug-likeness (QED) is 0.724. The van der Waals surface area contributed by atoms with Gasteiger partial charge in [-0.25, -0.2) is 0 Å². The van der Waals surface area contributed by atoms with Crippen molar-refractivity contribution in [3.8, 4) is 0 Å². The predicted molar refractivity (Wildman–Crippen MR) is 84.6 cm³/mol. The zero-order valence-corrected chi connectivity index (χ0v) is 13.0.